The SMILES string of the molecule is CN(c1ncc([N+](=O)[O-])cc1Br)C1CCCNCC1. The molecule has 2 rings (SSSR count). The van der Waals surface area contributed by atoms with E-state index in [1.807, 2.05) is 7.05 Å². The van der Waals surface area contributed by atoms with Gasteiger partial charge in [-0.15, -0.1) is 0 Å². The van der Waals surface area contributed by atoms with E-state index in [0.717, 1.165) is 38.2 Å². The minimum absolute atomic E-state index is 0.00607. The highest BCUT2D eigenvalue weighted by Gasteiger charge is 2.21. The van der Waals surface area contributed by atoms with Crippen molar-refractivity contribution in [1.29, 1.82) is 0 Å². The summed E-state index contributed by atoms with van der Waals surface area (Å²) in [6.07, 6.45) is 4.61. The molecule has 1 N–H and O–H groups in total. The molecule has 1 fully saturated rings. The smallest absolute Gasteiger partial charge is 0.288 e. The Bertz CT molecular complexity index is 461. The molecule has 1 aliphatic heterocycles. The Morgan fingerprint density at radius 1 is 1.53 bits per heavy atom. The fraction of sp³-hybridized carbons (Fsp3) is 0.583. The van der Waals surface area contributed by atoms with Crippen molar-refractivity contribution in [3.05, 3.63) is 26.9 Å². The molecule has 0 radical (unpaired) electrons. The quantitative estimate of drug-likeness (QED) is 0.681. The van der Waals surface area contributed by atoms with E-state index in [0.29, 0.717) is 10.5 Å². The van der Waals surface area contributed by atoms with E-state index in [1.54, 1.807) is 0 Å². The van der Waals surface area contributed by atoms with Crippen molar-refractivity contribution in [2.24, 2.45) is 0 Å². The summed E-state index contributed by atoms with van der Waals surface area (Å²) in [5, 5.41) is 14.1. The Hall–Kier alpha value is -1.21. The molecule has 1 aliphatic rings. The van der Waals surface area contributed by atoms with Gasteiger partial charge in [0.2, 0.25) is 0 Å². The van der Waals surface area contributed by atoms with Crippen LogP contribution in [0.2, 0.25) is 0 Å². The number of hydrogen-bond acceptors (Lipinski definition) is 5. The third-order valence-corrected chi connectivity index (χ3v) is 4.03. The Kier molecular flexibility index (Phi) is 4.71. The molecule has 1 aromatic rings. The normalized spacial score (nSPS) is 19.8. The molecule has 0 amide bonds. The largest absolute Gasteiger partial charge is 0.356 e. The summed E-state index contributed by atoms with van der Waals surface area (Å²) in [6, 6.07) is 1.92. The van der Waals surface area contributed by atoms with Gasteiger partial charge < -0.3 is 10.2 Å². The fourth-order valence-electron chi connectivity index (χ4n) is 2.34. The van der Waals surface area contributed by atoms with Crippen molar-refractivity contribution < 1.29 is 4.92 Å². The van der Waals surface area contributed by atoms with Crippen LogP contribution in [0.3, 0.4) is 0 Å². The monoisotopic (exact) mass is 328 g/mol. The molecule has 0 aliphatic carbocycles. The minimum atomic E-state index is -0.433. The number of rotatable bonds is 3. The zero-order valence-electron chi connectivity index (χ0n) is 10.8. The average Bonchev–Trinajstić information content (AvgIpc) is 2.66. The van der Waals surface area contributed by atoms with E-state index < -0.39 is 4.92 Å². The summed E-state index contributed by atoms with van der Waals surface area (Å²) in [6.45, 7) is 2.05. The molecule has 1 saturated heterocycles. The summed E-state index contributed by atoms with van der Waals surface area (Å²) in [7, 11) is 1.99. The van der Waals surface area contributed by atoms with Crippen molar-refractivity contribution in [2.45, 2.75) is 25.3 Å². The first-order valence-corrected chi connectivity index (χ1v) is 7.12. The summed E-state index contributed by atoms with van der Waals surface area (Å²) in [5.41, 5.74) is 0.00607. The highest BCUT2D eigenvalue weighted by Crippen LogP contribution is 2.29. The van der Waals surface area contributed by atoms with Gasteiger partial charge >= 0.3 is 0 Å². The molecular weight excluding hydrogens is 312 g/mol. The van der Waals surface area contributed by atoms with Crippen molar-refractivity contribution in [1.82, 2.24) is 10.3 Å². The van der Waals surface area contributed by atoms with Crippen LogP contribution in [0.5, 0.6) is 0 Å². The zero-order valence-corrected chi connectivity index (χ0v) is 12.4. The third kappa shape index (κ3) is 3.42. The molecule has 104 valence electrons. The van der Waals surface area contributed by atoms with E-state index in [9.17, 15) is 10.1 Å². The van der Waals surface area contributed by atoms with Crippen LogP contribution >= 0.6 is 15.9 Å². The van der Waals surface area contributed by atoms with E-state index in [1.165, 1.54) is 12.3 Å². The average molecular weight is 329 g/mol. The second-order valence-corrected chi connectivity index (χ2v) is 5.56. The van der Waals surface area contributed by atoms with Crippen LogP contribution in [0.1, 0.15) is 19.3 Å². The van der Waals surface area contributed by atoms with Gasteiger partial charge in [-0.05, 0) is 48.3 Å². The molecule has 19 heavy (non-hydrogen) atoms. The van der Waals surface area contributed by atoms with Gasteiger partial charge in [-0.1, -0.05) is 0 Å². The van der Waals surface area contributed by atoms with Gasteiger partial charge in [-0.2, -0.15) is 0 Å². The molecule has 0 spiro atoms. The van der Waals surface area contributed by atoms with Gasteiger partial charge in [0, 0.05) is 19.2 Å². The molecule has 1 atom stereocenters. The number of anilines is 1. The zero-order chi connectivity index (χ0) is 13.8. The first-order chi connectivity index (χ1) is 9.09. The topological polar surface area (TPSA) is 71.3 Å². The predicted octanol–water partition coefficient (Wildman–Crippen LogP) is 2.33. The molecule has 0 bridgehead atoms. The Labute approximate surface area is 120 Å². The van der Waals surface area contributed by atoms with Gasteiger partial charge in [0.25, 0.3) is 5.69 Å². The van der Waals surface area contributed by atoms with Gasteiger partial charge in [0.15, 0.2) is 0 Å². The summed E-state index contributed by atoms with van der Waals surface area (Å²) in [5.74, 6) is 0.762. The van der Waals surface area contributed by atoms with Crippen LogP contribution in [-0.4, -0.2) is 36.1 Å². The van der Waals surface area contributed by atoms with Gasteiger partial charge in [-0.3, -0.25) is 10.1 Å². The predicted molar refractivity (Wildman–Crippen MR) is 77.5 cm³/mol. The summed E-state index contributed by atoms with van der Waals surface area (Å²) >= 11 is 3.38. The Morgan fingerprint density at radius 3 is 3.00 bits per heavy atom. The van der Waals surface area contributed by atoms with Crippen LogP contribution in [0, 0.1) is 10.1 Å². The number of pyridine rings is 1. The lowest BCUT2D eigenvalue weighted by Crippen LogP contribution is -2.33. The van der Waals surface area contributed by atoms with Gasteiger partial charge in [0.1, 0.15) is 12.0 Å². The first-order valence-electron chi connectivity index (χ1n) is 6.33. The highest BCUT2D eigenvalue weighted by molar-refractivity contribution is 9.10. The molecule has 1 unspecified atom stereocenters. The maximum Gasteiger partial charge on any atom is 0.288 e. The number of hydrogen-bond donors (Lipinski definition) is 1. The Balaban J connectivity index is 2.18. The van der Waals surface area contributed by atoms with Crippen LogP contribution in [0.25, 0.3) is 0 Å². The van der Waals surface area contributed by atoms with E-state index in [4.69, 9.17) is 0 Å². The molecule has 2 heterocycles. The molecule has 1 aromatic heterocycles. The van der Waals surface area contributed by atoms with Crippen LogP contribution in [-0.2, 0) is 0 Å². The minimum Gasteiger partial charge on any atom is -0.356 e. The van der Waals surface area contributed by atoms with E-state index in [-0.39, 0.29) is 5.69 Å². The van der Waals surface area contributed by atoms with Crippen LogP contribution in [0.4, 0.5) is 11.5 Å². The van der Waals surface area contributed by atoms with Crippen molar-refractivity contribution in [2.75, 3.05) is 25.0 Å². The number of halogens is 1. The van der Waals surface area contributed by atoms with Crippen molar-refractivity contribution in [3.8, 4) is 0 Å². The Morgan fingerprint density at radius 2 is 2.32 bits per heavy atom. The maximum absolute atomic E-state index is 10.7. The van der Waals surface area contributed by atoms with Crippen molar-refractivity contribution in [3.63, 3.8) is 0 Å². The lowest BCUT2D eigenvalue weighted by molar-refractivity contribution is -0.385. The molecular formula is C12H17BrN4O2. The van der Waals surface area contributed by atoms with E-state index >= 15 is 0 Å². The molecule has 0 saturated carbocycles. The molecule has 7 heteroatoms. The second kappa shape index (κ2) is 6.29. The van der Waals surface area contributed by atoms with Gasteiger partial charge in [-0.25, -0.2) is 4.98 Å². The van der Waals surface area contributed by atoms with Crippen LogP contribution in [0.15, 0.2) is 16.7 Å². The third-order valence-electron chi connectivity index (χ3n) is 3.45. The highest BCUT2D eigenvalue weighted by atomic mass is 79.9. The number of nitro groups is 1. The standard InChI is InChI=1S/C12H17BrN4O2/c1-16(9-3-2-5-14-6-4-9)12-11(13)7-10(8-15-12)17(18)19/h7-9,14H,2-6H2,1H3. The summed E-state index contributed by atoms with van der Waals surface area (Å²) in [4.78, 5) is 16.6. The lowest BCUT2D eigenvalue weighted by atomic mass is 10.1. The fourth-order valence-corrected chi connectivity index (χ4v) is 2.96. The van der Waals surface area contributed by atoms with Gasteiger partial charge in [0.05, 0.1) is 9.40 Å². The second-order valence-electron chi connectivity index (χ2n) is 4.70. The first kappa shape index (κ1) is 14.2. The molecule has 0 aromatic carbocycles. The van der Waals surface area contributed by atoms with E-state index in [2.05, 4.69) is 31.1 Å². The number of aromatic nitrogens is 1. The number of nitrogens with zero attached hydrogens (tertiary/aromatic N) is 3. The van der Waals surface area contributed by atoms with Crippen molar-refractivity contribution >= 4 is 27.4 Å². The number of nitrogens with one attached hydrogen (secondary N) is 1. The molecule has 6 nitrogen and oxygen atoms in total. The summed E-state index contributed by atoms with van der Waals surface area (Å²) < 4.78 is 0.668. The van der Waals surface area contributed by atoms with Crippen LogP contribution < -0.4 is 10.2 Å². The maximum atomic E-state index is 10.7. The lowest BCUT2D eigenvalue weighted by Gasteiger charge is -2.28.